The lowest BCUT2D eigenvalue weighted by atomic mass is 9.74. The normalized spacial score (nSPS) is 13.9. The molecule has 0 saturated carbocycles. The van der Waals surface area contributed by atoms with Crippen molar-refractivity contribution in [2.45, 2.75) is 107 Å². The van der Waals surface area contributed by atoms with Gasteiger partial charge >= 0.3 is 0 Å². The van der Waals surface area contributed by atoms with Crippen LogP contribution in [0.1, 0.15) is 114 Å². The van der Waals surface area contributed by atoms with Crippen LogP contribution in [0, 0.1) is 55.4 Å². The largest absolute Gasteiger partial charge is 0.141 e. The quantitative estimate of drug-likeness (QED) is 0.149. The van der Waals surface area contributed by atoms with Crippen molar-refractivity contribution in [3.63, 3.8) is 0 Å². The van der Waals surface area contributed by atoms with Crippen LogP contribution in [0.4, 0.5) is 0 Å². The Morgan fingerprint density at radius 1 is 0.267 bits per heavy atom. The summed E-state index contributed by atoms with van der Waals surface area (Å²) < 4.78 is 0. The average Bonchev–Trinajstić information content (AvgIpc) is 1.51. The van der Waals surface area contributed by atoms with Crippen LogP contribution in [-0.2, 0) is 23.7 Å². The Kier molecular flexibility index (Phi) is 14.6. The predicted molar refractivity (Wildman–Crippen MR) is 406 cm³/mol. The van der Waals surface area contributed by atoms with E-state index in [-0.39, 0.29) is 10.8 Å². The van der Waals surface area contributed by atoms with Crippen LogP contribution in [0.15, 0.2) is 158 Å². The number of aryl methyl sites for hydroxylation is 6. The lowest BCUT2D eigenvalue weighted by Crippen LogP contribution is -2.20. The second kappa shape index (κ2) is 22.3. The van der Waals surface area contributed by atoms with E-state index in [9.17, 15) is 0 Å². The van der Waals surface area contributed by atoms with Gasteiger partial charge in [0.25, 0.3) is 0 Å². The number of benzene rings is 4. The van der Waals surface area contributed by atoms with E-state index in [2.05, 4.69) is 241 Å². The standard InChI is InChI=1S/C40H34S6.C28H20S3.C12H12S/c1-19-9-11-25(41-19)27-13-15-29(43-27)31-17-23-37(45-31)33-21(3)36-34(22(4)35(33)39(23,5)6)38-24(40(36,7)8)18-32(46-38)30-16-14-28(44-30)26-12-10-20(2)42-26;1-15-3-5-17(6-4-15)24-7-8-25(30-24)26-14-21-11-19-12-22-18(13-23(19)28(21)31-26)10-20-9-16(2)29-27(20)22;1-9-3-6-11(7-4-9)12-8-5-10(2)13-12/h9-18H,1-8H3;3-9,12-14H,10-11H2,1-2H3;3-8H,1-2H3. The summed E-state index contributed by atoms with van der Waals surface area (Å²) >= 11 is 19.4. The van der Waals surface area contributed by atoms with Gasteiger partial charge in [0.05, 0.1) is 0 Å². The fourth-order valence-electron chi connectivity index (χ4n) is 14.4. The van der Waals surface area contributed by atoms with Crippen LogP contribution in [0.2, 0.25) is 0 Å². The molecule has 0 nitrogen and oxygen atoms in total. The van der Waals surface area contributed by atoms with Crippen molar-refractivity contribution in [1.29, 1.82) is 0 Å². The zero-order chi connectivity index (χ0) is 61.8. The molecule has 0 fully saturated rings. The van der Waals surface area contributed by atoms with E-state index in [1.807, 2.05) is 113 Å². The maximum atomic E-state index is 2.52. The van der Waals surface area contributed by atoms with Crippen LogP contribution >= 0.6 is 113 Å². The van der Waals surface area contributed by atoms with E-state index in [0.717, 1.165) is 12.8 Å². The van der Waals surface area contributed by atoms with Crippen molar-refractivity contribution in [3.05, 3.63) is 244 Å². The SMILES string of the molecule is Cc1ccc(-c2ccc(-c3cc4c(s3)-c3c(C)c5c(c(C)c3C4(C)C)-c3sc(-c4ccc(-c6ccc(C)s6)s4)cc3C5(C)C)s2)s1.Cc1ccc(-c2ccc(-c3cc4c(s3)-c3cc5c(cc3C4)-c3sc(C)cc3C5)s2)cc1.Cc1ccc(-c2ccc(C)s2)cc1. The highest BCUT2D eigenvalue weighted by atomic mass is 32.1. The first-order valence-electron chi connectivity index (χ1n) is 30.8. The lowest BCUT2D eigenvalue weighted by molar-refractivity contribution is 0.646. The summed E-state index contributed by atoms with van der Waals surface area (Å²) in [5, 5.41) is 0. The van der Waals surface area contributed by atoms with Gasteiger partial charge < -0.3 is 0 Å². The minimum absolute atomic E-state index is 0.0390. The lowest BCUT2D eigenvalue weighted by Gasteiger charge is -2.29. The zero-order valence-electron chi connectivity index (χ0n) is 52.5. The van der Waals surface area contributed by atoms with E-state index in [4.69, 9.17) is 0 Å². The number of rotatable bonds is 7. The third-order valence-corrected chi connectivity index (χ3v) is 30.7. The van der Waals surface area contributed by atoms with Gasteiger partial charge in [-0.25, -0.2) is 0 Å². The molecule has 446 valence electrons. The molecule has 0 bridgehead atoms. The van der Waals surface area contributed by atoms with Crippen LogP contribution < -0.4 is 0 Å². The molecule has 0 amide bonds. The summed E-state index contributed by atoms with van der Waals surface area (Å²) in [6.07, 6.45) is 2.17. The number of thiophene rings is 10. The van der Waals surface area contributed by atoms with Gasteiger partial charge in [0, 0.05) is 108 Å². The highest BCUT2D eigenvalue weighted by Crippen LogP contribution is 2.64. The summed E-state index contributed by atoms with van der Waals surface area (Å²) in [7, 11) is 0. The molecule has 4 aliphatic carbocycles. The van der Waals surface area contributed by atoms with Gasteiger partial charge in [-0.3, -0.25) is 0 Å². The van der Waals surface area contributed by atoms with Crippen LogP contribution in [-0.4, -0.2) is 0 Å². The zero-order valence-corrected chi connectivity index (χ0v) is 60.7. The monoisotopic (exact) mass is 1350 g/mol. The summed E-state index contributed by atoms with van der Waals surface area (Å²) in [5.41, 5.74) is 26.3. The third-order valence-electron chi connectivity index (χ3n) is 18.8. The second-order valence-corrected chi connectivity index (χ2v) is 37.4. The van der Waals surface area contributed by atoms with E-state index in [0.29, 0.717) is 0 Å². The van der Waals surface area contributed by atoms with Crippen molar-refractivity contribution >= 4 is 113 Å². The molecule has 0 saturated heterocycles. The molecule has 0 radical (unpaired) electrons. The van der Waals surface area contributed by atoms with E-state index in [1.165, 1.54) is 187 Å². The summed E-state index contributed by atoms with van der Waals surface area (Å²) in [4.78, 5) is 28.1. The predicted octanol–water partition coefficient (Wildman–Crippen LogP) is 27.6. The van der Waals surface area contributed by atoms with Gasteiger partial charge in [-0.05, 0) is 266 Å². The highest BCUT2D eigenvalue weighted by molar-refractivity contribution is 7.28. The highest BCUT2D eigenvalue weighted by Gasteiger charge is 2.47. The van der Waals surface area contributed by atoms with Gasteiger partial charge in [0.15, 0.2) is 0 Å². The summed E-state index contributed by atoms with van der Waals surface area (Å²) in [6.45, 7) is 27.7. The minimum Gasteiger partial charge on any atom is -0.141 e. The maximum Gasteiger partial charge on any atom is 0.0452 e. The Morgan fingerprint density at radius 3 is 1.03 bits per heavy atom. The molecule has 14 aromatic rings. The molecule has 0 spiro atoms. The second-order valence-electron chi connectivity index (χ2n) is 25.9. The number of hydrogen-bond donors (Lipinski definition) is 0. The van der Waals surface area contributed by atoms with Crippen molar-refractivity contribution in [2.75, 3.05) is 0 Å². The molecule has 0 unspecified atom stereocenters. The van der Waals surface area contributed by atoms with Crippen molar-refractivity contribution in [1.82, 2.24) is 0 Å². The Hall–Kier alpha value is -6.12. The van der Waals surface area contributed by atoms with E-state index < -0.39 is 0 Å². The molecule has 4 aromatic carbocycles. The first-order chi connectivity index (χ1) is 43.3. The molecule has 10 heteroatoms. The first kappa shape index (κ1) is 58.9. The van der Waals surface area contributed by atoms with Gasteiger partial charge in [0.2, 0.25) is 0 Å². The Morgan fingerprint density at radius 2 is 0.600 bits per heavy atom. The average molecular weight is 1350 g/mol. The van der Waals surface area contributed by atoms with Gasteiger partial charge in [-0.2, -0.15) is 0 Å². The minimum atomic E-state index is -0.0390. The van der Waals surface area contributed by atoms with Gasteiger partial charge in [-0.15, -0.1) is 113 Å². The summed E-state index contributed by atoms with van der Waals surface area (Å²) in [5.74, 6) is 0. The van der Waals surface area contributed by atoms with Gasteiger partial charge in [-0.1, -0.05) is 87.4 Å². The number of fused-ring (bicyclic) bond motifs is 12. The van der Waals surface area contributed by atoms with Crippen LogP contribution in [0.3, 0.4) is 0 Å². The fraction of sp³-hybridized carbons (Fsp3) is 0.200. The molecule has 0 aliphatic heterocycles. The smallest absolute Gasteiger partial charge is 0.0452 e. The molecule has 0 atom stereocenters. The maximum absolute atomic E-state index is 2.52. The Labute approximate surface area is 569 Å². The molecule has 4 aliphatic rings. The molecule has 10 aromatic heterocycles. The van der Waals surface area contributed by atoms with E-state index in [1.54, 1.807) is 11.1 Å². The number of hydrogen-bond acceptors (Lipinski definition) is 10. The molecule has 10 heterocycles. The first-order valence-corrected chi connectivity index (χ1v) is 39.0. The van der Waals surface area contributed by atoms with Crippen LogP contribution in [0.5, 0.6) is 0 Å². The third kappa shape index (κ3) is 9.96. The fourth-order valence-corrected chi connectivity index (χ4v) is 25.6. The van der Waals surface area contributed by atoms with Crippen molar-refractivity contribution in [3.8, 4) is 111 Å². The Balaban J connectivity index is 0.000000126. The van der Waals surface area contributed by atoms with E-state index >= 15 is 0 Å². The molecular formula is C80H66S10. The topological polar surface area (TPSA) is 0 Å². The summed E-state index contributed by atoms with van der Waals surface area (Å²) in [6, 6.07) is 59.6. The molecule has 0 N–H and O–H groups in total. The Bertz CT molecular complexity index is 4980. The molecular weight excluding hydrogens is 1280 g/mol. The molecule has 90 heavy (non-hydrogen) atoms. The molecule has 18 rings (SSSR count). The van der Waals surface area contributed by atoms with Crippen molar-refractivity contribution in [2.24, 2.45) is 0 Å². The van der Waals surface area contributed by atoms with Gasteiger partial charge in [0.1, 0.15) is 0 Å². The van der Waals surface area contributed by atoms with Crippen LogP contribution in [0.25, 0.3) is 111 Å². The van der Waals surface area contributed by atoms with Crippen molar-refractivity contribution < 1.29 is 0 Å².